The summed E-state index contributed by atoms with van der Waals surface area (Å²) in [5.74, 6) is 1.83. The Morgan fingerprint density at radius 1 is 1.15 bits per heavy atom. The third-order valence-corrected chi connectivity index (χ3v) is 5.11. The number of benzene rings is 1. The van der Waals surface area contributed by atoms with Gasteiger partial charge < -0.3 is 19.8 Å². The topological polar surface area (TPSA) is 66.7 Å². The molecular formula is C20H25N3O3. The summed E-state index contributed by atoms with van der Waals surface area (Å²) in [4.78, 5) is 14.6. The molecule has 0 saturated carbocycles. The highest BCUT2D eigenvalue weighted by Crippen LogP contribution is 2.28. The van der Waals surface area contributed by atoms with Crippen molar-refractivity contribution < 1.29 is 13.9 Å². The maximum Gasteiger partial charge on any atom is 0.314 e. The minimum Gasteiger partial charge on any atom is -0.488 e. The lowest BCUT2D eigenvalue weighted by Gasteiger charge is -2.26. The minimum atomic E-state index is -0.166. The Labute approximate surface area is 153 Å². The van der Waals surface area contributed by atoms with Crippen molar-refractivity contribution in [2.75, 3.05) is 26.2 Å². The number of likely N-dealkylation sites (tertiary alicyclic amines) is 1. The van der Waals surface area contributed by atoms with Crippen LogP contribution in [0.15, 0.2) is 47.1 Å². The molecule has 1 saturated heterocycles. The van der Waals surface area contributed by atoms with Gasteiger partial charge in [-0.25, -0.2) is 4.79 Å². The van der Waals surface area contributed by atoms with E-state index in [4.69, 9.17) is 9.15 Å². The van der Waals surface area contributed by atoms with Crippen LogP contribution in [0.25, 0.3) is 0 Å². The average Bonchev–Trinajstić information content (AvgIpc) is 3.40. The number of amides is 2. The number of carbonyl (C=O) groups excluding carboxylic acids is 1. The number of rotatable bonds is 6. The summed E-state index contributed by atoms with van der Waals surface area (Å²) in [7, 11) is 0. The van der Waals surface area contributed by atoms with Gasteiger partial charge in [-0.05, 0) is 49.7 Å². The highest BCUT2D eigenvalue weighted by molar-refractivity contribution is 5.73. The van der Waals surface area contributed by atoms with Crippen LogP contribution in [0.5, 0.6) is 5.75 Å². The minimum absolute atomic E-state index is 0.00222. The van der Waals surface area contributed by atoms with Crippen LogP contribution in [0.4, 0.5) is 4.79 Å². The normalized spacial score (nSPS) is 20.4. The standard InChI is InChI=1S/C20H25N3O3/c24-20(21-13-16-12-15-6-1-2-7-18(15)26-16)22-14-17(19-8-5-11-25-19)23-9-3-4-10-23/h1-2,5-8,11,16-17H,3-4,9-10,12-14H2,(H2,21,22,24). The molecule has 2 unspecified atom stereocenters. The number of para-hydroxylation sites is 1. The number of urea groups is 1. The second-order valence-electron chi connectivity index (χ2n) is 6.92. The first kappa shape index (κ1) is 17.0. The van der Waals surface area contributed by atoms with Crippen molar-refractivity contribution in [3.05, 3.63) is 54.0 Å². The van der Waals surface area contributed by atoms with E-state index < -0.39 is 0 Å². The molecule has 138 valence electrons. The Morgan fingerprint density at radius 2 is 2.00 bits per heavy atom. The van der Waals surface area contributed by atoms with Crippen molar-refractivity contribution in [1.82, 2.24) is 15.5 Å². The number of nitrogens with one attached hydrogen (secondary N) is 2. The molecule has 1 aromatic carbocycles. The first-order chi connectivity index (χ1) is 12.8. The van der Waals surface area contributed by atoms with E-state index in [0.29, 0.717) is 13.1 Å². The fourth-order valence-corrected chi connectivity index (χ4v) is 3.77. The Kier molecular flexibility index (Phi) is 5.11. The maximum absolute atomic E-state index is 12.2. The van der Waals surface area contributed by atoms with E-state index >= 15 is 0 Å². The second-order valence-corrected chi connectivity index (χ2v) is 6.92. The van der Waals surface area contributed by atoms with Crippen LogP contribution in [0, 0.1) is 0 Å². The van der Waals surface area contributed by atoms with Gasteiger partial charge in [-0.1, -0.05) is 18.2 Å². The fourth-order valence-electron chi connectivity index (χ4n) is 3.77. The summed E-state index contributed by atoms with van der Waals surface area (Å²) in [6.07, 6.45) is 4.91. The Balaban J connectivity index is 1.25. The molecule has 0 aliphatic carbocycles. The molecule has 3 heterocycles. The molecule has 1 aromatic heterocycles. The summed E-state index contributed by atoms with van der Waals surface area (Å²) in [6, 6.07) is 11.8. The van der Waals surface area contributed by atoms with Gasteiger partial charge in [0.1, 0.15) is 17.6 Å². The zero-order chi connectivity index (χ0) is 17.8. The van der Waals surface area contributed by atoms with Gasteiger partial charge in [0.2, 0.25) is 0 Å². The summed E-state index contributed by atoms with van der Waals surface area (Å²) in [5.41, 5.74) is 1.20. The van der Waals surface area contributed by atoms with Gasteiger partial charge in [-0.3, -0.25) is 4.90 Å². The van der Waals surface area contributed by atoms with Crippen molar-refractivity contribution in [1.29, 1.82) is 0 Å². The number of carbonyl (C=O) groups is 1. The monoisotopic (exact) mass is 355 g/mol. The van der Waals surface area contributed by atoms with Crippen LogP contribution in [0.2, 0.25) is 0 Å². The van der Waals surface area contributed by atoms with Crippen LogP contribution in [0.1, 0.15) is 30.2 Å². The third-order valence-electron chi connectivity index (χ3n) is 5.11. The number of ether oxygens (including phenoxy) is 1. The zero-order valence-corrected chi connectivity index (χ0v) is 14.8. The molecule has 2 atom stereocenters. The van der Waals surface area contributed by atoms with Crippen LogP contribution >= 0.6 is 0 Å². The molecule has 4 rings (SSSR count). The van der Waals surface area contributed by atoms with E-state index in [1.54, 1.807) is 6.26 Å². The summed E-state index contributed by atoms with van der Waals surface area (Å²) in [5, 5.41) is 5.91. The summed E-state index contributed by atoms with van der Waals surface area (Å²) >= 11 is 0. The van der Waals surface area contributed by atoms with Gasteiger partial charge in [0.05, 0.1) is 18.8 Å². The Morgan fingerprint density at radius 3 is 2.77 bits per heavy atom. The first-order valence-electron chi connectivity index (χ1n) is 9.33. The SMILES string of the molecule is O=C(NCC1Cc2ccccc2O1)NCC(c1ccco1)N1CCCC1. The maximum atomic E-state index is 12.2. The number of fused-ring (bicyclic) bond motifs is 1. The number of hydrogen-bond acceptors (Lipinski definition) is 4. The quantitative estimate of drug-likeness (QED) is 0.836. The van der Waals surface area contributed by atoms with Crippen molar-refractivity contribution in [2.24, 2.45) is 0 Å². The third kappa shape index (κ3) is 3.85. The molecule has 0 radical (unpaired) electrons. The molecule has 6 heteroatoms. The van der Waals surface area contributed by atoms with Crippen molar-refractivity contribution in [2.45, 2.75) is 31.4 Å². The van der Waals surface area contributed by atoms with Crippen LogP contribution in [-0.2, 0) is 6.42 Å². The van der Waals surface area contributed by atoms with Crippen molar-refractivity contribution in [3.8, 4) is 5.75 Å². The average molecular weight is 355 g/mol. The number of furan rings is 1. The van der Waals surface area contributed by atoms with E-state index in [1.165, 1.54) is 18.4 Å². The molecule has 0 spiro atoms. The van der Waals surface area contributed by atoms with Crippen LogP contribution in [-0.4, -0.2) is 43.2 Å². The lowest BCUT2D eigenvalue weighted by Crippen LogP contribution is -2.44. The largest absolute Gasteiger partial charge is 0.488 e. The van der Waals surface area contributed by atoms with Gasteiger partial charge in [0, 0.05) is 13.0 Å². The van der Waals surface area contributed by atoms with E-state index in [0.717, 1.165) is 31.0 Å². The fraction of sp³-hybridized carbons (Fsp3) is 0.450. The van der Waals surface area contributed by atoms with Crippen molar-refractivity contribution in [3.63, 3.8) is 0 Å². The molecule has 2 aliphatic rings. The van der Waals surface area contributed by atoms with Gasteiger partial charge in [0.15, 0.2) is 0 Å². The molecule has 6 nitrogen and oxygen atoms in total. The molecule has 2 amide bonds. The molecule has 1 fully saturated rings. The predicted octanol–water partition coefficient (Wildman–Crippen LogP) is 2.72. The van der Waals surface area contributed by atoms with E-state index in [-0.39, 0.29) is 18.2 Å². The zero-order valence-electron chi connectivity index (χ0n) is 14.8. The van der Waals surface area contributed by atoms with E-state index in [9.17, 15) is 4.79 Å². The molecule has 0 bridgehead atoms. The summed E-state index contributed by atoms with van der Waals surface area (Å²) in [6.45, 7) is 3.12. The van der Waals surface area contributed by atoms with Gasteiger partial charge >= 0.3 is 6.03 Å². The van der Waals surface area contributed by atoms with Crippen LogP contribution < -0.4 is 15.4 Å². The lowest BCUT2D eigenvalue weighted by molar-refractivity contribution is 0.197. The van der Waals surface area contributed by atoms with Crippen molar-refractivity contribution >= 4 is 6.03 Å². The molecule has 2 N–H and O–H groups in total. The van der Waals surface area contributed by atoms with Gasteiger partial charge in [-0.2, -0.15) is 0 Å². The summed E-state index contributed by atoms with van der Waals surface area (Å²) < 4.78 is 11.4. The van der Waals surface area contributed by atoms with Gasteiger partial charge in [-0.15, -0.1) is 0 Å². The highest BCUT2D eigenvalue weighted by Gasteiger charge is 2.26. The molecule has 2 aliphatic heterocycles. The predicted molar refractivity (Wildman–Crippen MR) is 98.2 cm³/mol. The van der Waals surface area contributed by atoms with E-state index in [2.05, 4.69) is 21.6 Å². The smallest absolute Gasteiger partial charge is 0.314 e. The lowest BCUT2D eigenvalue weighted by atomic mass is 10.1. The van der Waals surface area contributed by atoms with Gasteiger partial charge in [0.25, 0.3) is 0 Å². The second kappa shape index (κ2) is 7.83. The van der Waals surface area contributed by atoms with Crippen LogP contribution in [0.3, 0.4) is 0 Å². The number of nitrogens with zero attached hydrogens (tertiary/aromatic N) is 1. The first-order valence-corrected chi connectivity index (χ1v) is 9.33. The number of hydrogen-bond donors (Lipinski definition) is 2. The Bertz CT molecular complexity index is 701. The highest BCUT2D eigenvalue weighted by atomic mass is 16.5. The molecule has 26 heavy (non-hydrogen) atoms. The molecule has 2 aromatic rings. The Hall–Kier alpha value is -2.47. The van der Waals surface area contributed by atoms with E-state index in [1.807, 2.05) is 30.3 Å². The molecular weight excluding hydrogens is 330 g/mol.